The van der Waals surface area contributed by atoms with Crippen LogP contribution in [0.25, 0.3) is 28.2 Å². The molecule has 0 aliphatic heterocycles. The highest BCUT2D eigenvalue weighted by Gasteiger charge is 2.19. The number of nitrogens with one attached hydrogen (secondary N) is 1. The van der Waals surface area contributed by atoms with Crippen LogP contribution in [0.4, 0.5) is 5.69 Å². The summed E-state index contributed by atoms with van der Waals surface area (Å²) in [7, 11) is 0. The maximum atomic E-state index is 12.5. The third-order valence-electron chi connectivity index (χ3n) is 5.78. The summed E-state index contributed by atoms with van der Waals surface area (Å²) in [5.41, 5.74) is 8.13. The molecule has 8 nitrogen and oxygen atoms in total. The van der Waals surface area contributed by atoms with Crippen molar-refractivity contribution in [2.45, 2.75) is 0 Å². The highest BCUT2D eigenvalue weighted by Crippen LogP contribution is 2.35. The third kappa shape index (κ3) is 5.03. The lowest BCUT2D eigenvalue weighted by atomic mass is 10.1. The summed E-state index contributed by atoms with van der Waals surface area (Å²) in [6.45, 7) is 0. The van der Waals surface area contributed by atoms with E-state index in [4.69, 9.17) is 0 Å². The zero-order valence-corrected chi connectivity index (χ0v) is 19.6. The van der Waals surface area contributed by atoms with E-state index < -0.39 is 4.92 Å². The molecule has 5 aromatic rings. The molecule has 1 N–H and O–H groups in total. The second-order valence-electron chi connectivity index (χ2n) is 8.11. The number of nitro groups is 1. The molecule has 0 bridgehead atoms. The van der Waals surface area contributed by atoms with Gasteiger partial charge in [0.05, 0.1) is 22.5 Å². The lowest BCUT2D eigenvalue weighted by Crippen LogP contribution is -2.17. The minimum atomic E-state index is -0.417. The zero-order valence-electron chi connectivity index (χ0n) is 19.6. The molecule has 0 saturated carbocycles. The Hall–Kier alpha value is -5.37. The van der Waals surface area contributed by atoms with E-state index in [0.29, 0.717) is 5.56 Å². The van der Waals surface area contributed by atoms with Gasteiger partial charge < -0.3 is 4.57 Å². The van der Waals surface area contributed by atoms with Crippen LogP contribution in [0.5, 0.6) is 0 Å². The Morgan fingerprint density at radius 1 is 0.865 bits per heavy atom. The van der Waals surface area contributed by atoms with Gasteiger partial charge in [0.25, 0.3) is 11.6 Å². The van der Waals surface area contributed by atoms with Gasteiger partial charge in [0, 0.05) is 41.3 Å². The molecule has 0 radical (unpaired) electrons. The standard InChI is InChI=1S/C29H21N5O3/c35-29(23-15-17-30-18-16-23)32-31-20-24-19-27(21-7-3-1-4-8-21)33(28(24)22-9-5-2-6-10-22)25-11-13-26(14-12-25)34(36)37/h1-20H,(H,32,35)/b31-20+. The fourth-order valence-corrected chi connectivity index (χ4v) is 4.06. The Balaban J connectivity index is 1.65. The fourth-order valence-electron chi connectivity index (χ4n) is 4.06. The van der Waals surface area contributed by atoms with Crippen molar-refractivity contribution in [2.75, 3.05) is 0 Å². The smallest absolute Gasteiger partial charge is 0.271 e. The average Bonchev–Trinajstić information content (AvgIpc) is 3.34. The van der Waals surface area contributed by atoms with Crippen LogP contribution in [-0.4, -0.2) is 26.6 Å². The molecule has 1 amide bonds. The van der Waals surface area contributed by atoms with E-state index in [-0.39, 0.29) is 11.6 Å². The third-order valence-corrected chi connectivity index (χ3v) is 5.78. The number of rotatable bonds is 7. The number of non-ortho nitro benzene ring substituents is 1. The summed E-state index contributed by atoms with van der Waals surface area (Å²) in [6, 6.07) is 31.3. The SMILES string of the molecule is O=C(N/N=C/c1cc(-c2ccccc2)n(-c2ccc([N+](=O)[O-])cc2)c1-c1ccccc1)c1ccncc1. The van der Waals surface area contributed by atoms with Gasteiger partial charge in [0.1, 0.15) is 0 Å². The first kappa shape index (κ1) is 23.4. The maximum absolute atomic E-state index is 12.5. The van der Waals surface area contributed by atoms with Crippen molar-refractivity contribution in [1.29, 1.82) is 0 Å². The van der Waals surface area contributed by atoms with E-state index in [1.165, 1.54) is 12.1 Å². The van der Waals surface area contributed by atoms with Crippen molar-refractivity contribution < 1.29 is 9.72 Å². The number of hydrogen-bond acceptors (Lipinski definition) is 5. The van der Waals surface area contributed by atoms with E-state index in [1.807, 2.05) is 71.3 Å². The number of nitro benzene ring substituents is 1. The topological polar surface area (TPSA) is 102 Å². The molecule has 0 unspecified atom stereocenters. The molecule has 0 aliphatic rings. The molecule has 8 heteroatoms. The Labute approximate surface area is 212 Å². The predicted octanol–water partition coefficient (Wildman–Crippen LogP) is 5.88. The van der Waals surface area contributed by atoms with E-state index in [9.17, 15) is 14.9 Å². The lowest BCUT2D eigenvalue weighted by Gasteiger charge is -2.15. The Bertz CT molecular complexity index is 1560. The largest absolute Gasteiger partial charge is 0.309 e. The normalized spacial score (nSPS) is 10.9. The predicted molar refractivity (Wildman–Crippen MR) is 143 cm³/mol. The molecule has 37 heavy (non-hydrogen) atoms. The summed E-state index contributed by atoms with van der Waals surface area (Å²) < 4.78 is 2.04. The van der Waals surface area contributed by atoms with Crippen LogP contribution in [0.15, 0.2) is 121 Å². The van der Waals surface area contributed by atoms with Crippen molar-refractivity contribution in [3.63, 3.8) is 0 Å². The number of hydrazone groups is 1. The highest BCUT2D eigenvalue weighted by atomic mass is 16.6. The van der Waals surface area contributed by atoms with Crippen LogP contribution in [0.2, 0.25) is 0 Å². The van der Waals surface area contributed by atoms with Crippen molar-refractivity contribution in [3.05, 3.63) is 137 Å². The van der Waals surface area contributed by atoms with Gasteiger partial charge in [0.15, 0.2) is 0 Å². The molecule has 3 aromatic carbocycles. The first-order valence-electron chi connectivity index (χ1n) is 11.5. The van der Waals surface area contributed by atoms with E-state index in [2.05, 4.69) is 15.5 Å². The van der Waals surface area contributed by atoms with Crippen LogP contribution >= 0.6 is 0 Å². The number of benzene rings is 3. The van der Waals surface area contributed by atoms with Gasteiger partial charge in [0.2, 0.25) is 0 Å². The molecule has 0 saturated heterocycles. The van der Waals surface area contributed by atoms with Crippen LogP contribution in [0.3, 0.4) is 0 Å². The number of pyridine rings is 1. The molecule has 180 valence electrons. The van der Waals surface area contributed by atoms with Crippen molar-refractivity contribution >= 4 is 17.8 Å². The number of amides is 1. The molecule has 0 spiro atoms. The van der Waals surface area contributed by atoms with Gasteiger partial charge in [-0.3, -0.25) is 19.9 Å². The van der Waals surface area contributed by atoms with Crippen LogP contribution in [0, 0.1) is 10.1 Å². The summed E-state index contributed by atoms with van der Waals surface area (Å²) in [6.07, 6.45) is 4.70. The number of aromatic nitrogens is 2. The van der Waals surface area contributed by atoms with Gasteiger partial charge in [-0.2, -0.15) is 5.10 Å². The zero-order chi connectivity index (χ0) is 25.6. The number of hydrogen-bond donors (Lipinski definition) is 1. The number of nitrogens with zero attached hydrogens (tertiary/aromatic N) is 4. The van der Waals surface area contributed by atoms with Crippen molar-refractivity contribution in [1.82, 2.24) is 15.0 Å². The van der Waals surface area contributed by atoms with Gasteiger partial charge >= 0.3 is 0 Å². The van der Waals surface area contributed by atoms with Crippen LogP contribution in [-0.2, 0) is 0 Å². The van der Waals surface area contributed by atoms with Crippen LogP contribution in [0.1, 0.15) is 15.9 Å². The monoisotopic (exact) mass is 487 g/mol. The minimum Gasteiger partial charge on any atom is -0.309 e. The molecule has 0 aliphatic carbocycles. The lowest BCUT2D eigenvalue weighted by molar-refractivity contribution is -0.384. The Morgan fingerprint density at radius 3 is 2.11 bits per heavy atom. The van der Waals surface area contributed by atoms with Gasteiger partial charge in [-0.1, -0.05) is 60.7 Å². The van der Waals surface area contributed by atoms with Gasteiger partial charge in [-0.25, -0.2) is 5.43 Å². The van der Waals surface area contributed by atoms with Gasteiger partial charge in [-0.15, -0.1) is 0 Å². The minimum absolute atomic E-state index is 0.0130. The second kappa shape index (κ2) is 10.5. The first-order chi connectivity index (χ1) is 18.1. The second-order valence-corrected chi connectivity index (χ2v) is 8.11. The highest BCUT2D eigenvalue weighted by molar-refractivity contribution is 5.97. The molecule has 2 aromatic heterocycles. The maximum Gasteiger partial charge on any atom is 0.271 e. The quantitative estimate of drug-likeness (QED) is 0.176. The molecular weight excluding hydrogens is 466 g/mol. The van der Waals surface area contributed by atoms with E-state index in [1.54, 1.807) is 42.9 Å². The van der Waals surface area contributed by atoms with Crippen molar-refractivity contribution in [3.8, 4) is 28.2 Å². The molecule has 5 rings (SSSR count). The molecule has 0 fully saturated rings. The van der Waals surface area contributed by atoms with E-state index >= 15 is 0 Å². The molecular formula is C29H21N5O3. The fraction of sp³-hybridized carbons (Fsp3) is 0. The average molecular weight is 488 g/mol. The Kier molecular flexibility index (Phi) is 6.63. The number of carbonyl (C=O) groups is 1. The van der Waals surface area contributed by atoms with Gasteiger partial charge in [-0.05, 0) is 41.5 Å². The summed E-state index contributed by atoms with van der Waals surface area (Å²) in [4.78, 5) is 27.2. The number of carbonyl (C=O) groups excluding carboxylic acids is 1. The van der Waals surface area contributed by atoms with E-state index in [0.717, 1.165) is 33.8 Å². The molecule has 2 heterocycles. The summed E-state index contributed by atoms with van der Waals surface area (Å²) >= 11 is 0. The summed E-state index contributed by atoms with van der Waals surface area (Å²) in [5, 5.41) is 15.5. The molecule has 0 atom stereocenters. The van der Waals surface area contributed by atoms with Crippen molar-refractivity contribution in [2.24, 2.45) is 5.10 Å². The summed E-state index contributed by atoms with van der Waals surface area (Å²) in [5.74, 6) is -0.349. The van der Waals surface area contributed by atoms with Crippen LogP contribution < -0.4 is 5.43 Å². The Morgan fingerprint density at radius 2 is 1.49 bits per heavy atom. The first-order valence-corrected chi connectivity index (χ1v) is 11.5.